The van der Waals surface area contributed by atoms with Crippen LogP contribution in [0.4, 0.5) is 5.82 Å². The summed E-state index contributed by atoms with van der Waals surface area (Å²) in [6.45, 7) is 6.20. The van der Waals surface area contributed by atoms with E-state index in [0.717, 1.165) is 19.4 Å². The third-order valence-electron chi connectivity index (χ3n) is 6.60. The highest BCUT2D eigenvalue weighted by Gasteiger charge is 2.11. The van der Waals surface area contributed by atoms with E-state index < -0.39 is 7.77 Å². The van der Waals surface area contributed by atoms with E-state index in [4.69, 9.17) is 15.2 Å². The van der Waals surface area contributed by atoms with E-state index >= 15 is 0 Å². The molecule has 0 saturated heterocycles. The van der Waals surface area contributed by atoms with Crippen LogP contribution < -0.4 is 10.6 Å². The third-order valence-corrected chi connectivity index (χ3v) is 7.72. The molecule has 2 atom stereocenters. The zero-order chi connectivity index (χ0) is 26.6. The molecule has 0 aliphatic rings. The van der Waals surface area contributed by atoms with Crippen molar-refractivity contribution in [2.75, 3.05) is 25.1 Å². The van der Waals surface area contributed by atoms with Crippen LogP contribution in [0.25, 0.3) is 11.2 Å². The van der Waals surface area contributed by atoms with Crippen LogP contribution in [0.1, 0.15) is 110 Å². The maximum atomic E-state index is 12.2. The fourth-order valence-electron chi connectivity index (χ4n) is 4.40. The first-order chi connectivity index (χ1) is 18.1. The van der Waals surface area contributed by atoms with Crippen LogP contribution in [0.2, 0.25) is 0 Å². The molecule has 0 bridgehead atoms. The lowest BCUT2D eigenvalue weighted by atomic mass is 10.0. The molecule has 0 aromatic carbocycles. The molecule has 0 aliphatic carbocycles. The number of nitrogen functional groups attached to an aromatic ring is 1. The predicted molar refractivity (Wildman–Crippen MR) is 154 cm³/mol. The Morgan fingerprint density at radius 1 is 0.892 bits per heavy atom. The minimum absolute atomic E-state index is 0.163. The van der Waals surface area contributed by atoms with Crippen molar-refractivity contribution in [2.24, 2.45) is 0 Å². The van der Waals surface area contributed by atoms with Crippen LogP contribution in [-0.4, -0.2) is 51.0 Å². The maximum absolute atomic E-state index is 12.2. The normalized spacial score (nSPS) is 13.0. The van der Waals surface area contributed by atoms with Gasteiger partial charge in [-0.1, -0.05) is 90.4 Å². The van der Waals surface area contributed by atoms with Gasteiger partial charge in [-0.05, 0) is 13.3 Å². The Morgan fingerprint density at radius 2 is 1.49 bits per heavy atom. The molecule has 0 fully saturated rings. The monoisotopic (exact) mass is 535 g/mol. The van der Waals surface area contributed by atoms with Gasteiger partial charge in [-0.3, -0.25) is 0 Å². The number of ether oxygens (including phenoxy) is 2. The molecular weight excluding hydrogens is 485 g/mol. The standard InChI is InChI=1S/C28H50N5O3P/c1-3-4-5-6-7-8-9-10-11-12-13-14-15-16-18-35-19-17-20-37(34)24-36-25(2)21-33-23-32-26-27(29)30-22-31-28(26)33/h22-25H,3-21H2,1-2H3,(H2,29,30,31)/t25-/m1/s1. The maximum Gasteiger partial charge on any atom is 0.208 e. The van der Waals surface area contributed by atoms with Crippen LogP contribution in [0, 0.1) is 0 Å². The average molecular weight is 536 g/mol. The summed E-state index contributed by atoms with van der Waals surface area (Å²) in [5, 5.41) is 0. The van der Waals surface area contributed by atoms with E-state index in [2.05, 4.69) is 21.9 Å². The van der Waals surface area contributed by atoms with Gasteiger partial charge in [0.25, 0.3) is 0 Å². The van der Waals surface area contributed by atoms with Gasteiger partial charge in [0.05, 0.1) is 33.4 Å². The summed E-state index contributed by atoms with van der Waals surface area (Å²) in [6, 6.07) is 0. The number of aromatic nitrogens is 4. The lowest BCUT2D eigenvalue weighted by Crippen LogP contribution is -2.16. The molecule has 0 amide bonds. The van der Waals surface area contributed by atoms with Crippen molar-refractivity contribution in [1.29, 1.82) is 0 Å². The van der Waals surface area contributed by atoms with Gasteiger partial charge in [0.2, 0.25) is 5.98 Å². The van der Waals surface area contributed by atoms with Crippen molar-refractivity contribution in [3.63, 3.8) is 0 Å². The largest absolute Gasteiger partial charge is 0.629 e. The molecule has 8 nitrogen and oxygen atoms in total. The minimum Gasteiger partial charge on any atom is -0.629 e. The second-order valence-corrected chi connectivity index (χ2v) is 11.6. The van der Waals surface area contributed by atoms with Crippen molar-refractivity contribution in [2.45, 2.75) is 123 Å². The zero-order valence-electron chi connectivity index (χ0n) is 23.3. The SMILES string of the molecule is CCCCCCCCCCCCCCCCOCCC[P+]([O-])=CO[C@H](C)Cn1cnc2c(N)ncnc21. The summed E-state index contributed by atoms with van der Waals surface area (Å²) >= 11 is 0. The van der Waals surface area contributed by atoms with Crippen LogP contribution >= 0.6 is 7.77 Å². The van der Waals surface area contributed by atoms with E-state index in [-0.39, 0.29) is 6.10 Å². The van der Waals surface area contributed by atoms with Gasteiger partial charge in [0, 0.05) is 13.0 Å². The smallest absolute Gasteiger partial charge is 0.208 e. The first-order valence-corrected chi connectivity index (χ1v) is 16.0. The first-order valence-electron chi connectivity index (χ1n) is 14.5. The fourth-order valence-corrected chi connectivity index (χ4v) is 5.29. The van der Waals surface area contributed by atoms with Crippen LogP contribution in [-0.2, 0) is 16.0 Å². The molecule has 2 N–H and O–H groups in total. The highest BCUT2D eigenvalue weighted by Crippen LogP contribution is 2.16. The Morgan fingerprint density at radius 3 is 2.14 bits per heavy atom. The van der Waals surface area contributed by atoms with Gasteiger partial charge >= 0.3 is 0 Å². The molecule has 9 heteroatoms. The Balaban J connectivity index is 1.38. The van der Waals surface area contributed by atoms with E-state index in [1.54, 1.807) is 6.33 Å². The fraction of sp³-hybridized carbons (Fsp3) is 0.786. The summed E-state index contributed by atoms with van der Waals surface area (Å²) in [7, 11) is -1.51. The molecule has 210 valence electrons. The molecule has 2 aromatic rings. The number of anilines is 1. The Hall–Kier alpha value is -1.60. The molecule has 0 radical (unpaired) electrons. The lowest BCUT2D eigenvalue weighted by Gasteiger charge is -2.10. The van der Waals surface area contributed by atoms with Crippen molar-refractivity contribution < 1.29 is 14.4 Å². The Labute approximate surface area is 225 Å². The summed E-state index contributed by atoms with van der Waals surface area (Å²) in [5.41, 5.74) is 7.08. The topological polar surface area (TPSA) is 111 Å². The second-order valence-electron chi connectivity index (χ2n) is 10.1. The first kappa shape index (κ1) is 31.6. The second kappa shape index (κ2) is 20.4. The molecule has 0 saturated carbocycles. The van der Waals surface area contributed by atoms with Gasteiger partial charge in [-0.15, -0.1) is 0 Å². The number of nitrogens with two attached hydrogens (primary N) is 1. The molecule has 2 rings (SSSR count). The van der Waals surface area contributed by atoms with Gasteiger partial charge in [-0.2, -0.15) is 0 Å². The molecule has 2 heterocycles. The van der Waals surface area contributed by atoms with Crippen LogP contribution in [0.5, 0.6) is 0 Å². The number of unbranched alkanes of at least 4 members (excludes halogenated alkanes) is 13. The molecule has 2 aromatic heterocycles. The zero-order valence-corrected chi connectivity index (χ0v) is 24.2. The van der Waals surface area contributed by atoms with Crippen LogP contribution in [0.3, 0.4) is 0 Å². The highest BCUT2D eigenvalue weighted by molar-refractivity contribution is 7.49. The minimum atomic E-state index is -1.51. The van der Waals surface area contributed by atoms with Crippen molar-refractivity contribution >= 4 is 30.7 Å². The Bertz CT molecular complexity index is 877. The van der Waals surface area contributed by atoms with Crippen LogP contribution in [0.15, 0.2) is 12.7 Å². The van der Waals surface area contributed by atoms with Gasteiger partial charge in [-0.25, -0.2) is 15.0 Å². The van der Waals surface area contributed by atoms with Crippen molar-refractivity contribution in [3.8, 4) is 0 Å². The van der Waals surface area contributed by atoms with E-state index in [9.17, 15) is 4.89 Å². The molecular formula is C28H50N5O3P. The Kier molecular flexibility index (Phi) is 17.4. The third kappa shape index (κ3) is 14.2. The molecule has 0 spiro atoms. The van der Waals surface area contributed by atoms with E-state index in [1.165, 1.54) is 95.8 Å². The molecule has 1 unspecified atom stereocenters. The van der Waals surface area contributed by atoms with E-state index in [1.807, 2.05) is 11.5 Å². The summed E-state index contributed by atoms with van der Waals surface area (Å²) < 4.78 is 13.3. The number of nitrogens with zero attached hydrogens (tertiary/aromatic N) is 4. The number of hydrogen-bond acceptors (Lipinski definition) is 7. The van der Waals surface area contributed by atoms with Crippen molar-refractivity contribution in [1.82, 2.24) is 19.5 Å². The number of fused-ring (bicyclic) bond motifs is 1. The van der Waals surface area contributed by atoms with E-state index in [0.29, 0.717) is 36.3 Å². The molecule has 0 aliphatic heterocycles. The number of rotatable bonds is 23. The number of imidazole rings is 1. The van der Waals surface area contributed by atoms with Gasteiger partial charge in [0.15, 0.2) is 11.5 Å². The average Bonchev–Trinajstić information content (AvgIpc) is 3.30. The van der Waals surface area contributed by atoms with Gasteiger partial charge < -0.3 is 24.7 Å². The van der Waals surface area contributed by atoms with Crippen molar-refractivity contribution in [3.05, 3.63) is 12.7 Å². The van der Waals surface area contributed by atoms with Gasteiger partial charge in [0.1, 0.15) is 18.0 Å². The predicted octanol–water partition coefficient (Wildman–Crippen LogP) is 6.22. The quantitative estimate of drug-likeness (QED) is 0.133. The summed E-state index contributed by atoms with van der Waals surface area (Å²) in [4.78, 5) is 24.7. The highest BCUT2D eigenvalue weighted by atomic mass is 31.1. The number of hydrogen-bond donors (Lipinski definition) is 1. The molecule has 37 heavy (non-hydrogen) atoms. The summed E-state index contributed by atoms with van der Waals surface area (Å²) in [6.07, 6.45) is 23.4. The summed E-state index contributed by atoms with van der Waals surface area (Å²) in [5.74, 6) is 1.83. The lowest BCUT2D eigenvalue weighted by molar-refractivity contribution is -0.153.